The van der Waals surface area contributed by atoms with Crippen molar-refractivity contribution in [2.24, 2.45) is 0 Å². The van der Waals surface area contributed by atoms with E-state index in [1.165, 1.54) is 24.4 Å². The Balaban J connectivity index is 2.47. The molecule has 1 heterocycles. The minimum absolute atomic E-state index is 0.291. The number of nitrogen functional groups attached to an aromatic ring is 1. The third kappa shape index (κ3) is 2.85. The number of aromatic nitrogens is 1. The lowest BCUT2D eigenvalue weighted by atomic mass is 10.1. The summed E-state index contributed by atoms with van der Waals surface area (Å²) in [6, 6.07) is 6.32. The molecule has 0 spiro atoms. The number of aliphatic hydroxyl groups excluding tert-OH is 1. The van der Waals surface area contributed by atoms with Crippen LogP contribution in [-0.2, 0) is 12.8 Å². The monoisotopic (exact) mass is 268 g/mol. The number of nitrogens with two attached hydrogens (primary N) is 1. The van der Waals surface area contributed by atoms with E-state index in [0.717, 1.165) is 12.1 Å². The Morgan fingerprint density at radius 1 is 1.21 bits per heavy atom. The Morgan fingerprint density at radius 2 is 1.95 bits per heavy atom. The zero-order valence-corrected chi connectivity index (χ0v) is 9.78. The lowest BCUT2D eigenvalue weighted by Crippen LogP contribution is -2.04. The molecule has 0 saturated heterocycles. The van der Waals surface area contributed by atoms with E-state index >= 15 is 0 Å². The van der Waals surface area contributed by atoms with Gasteiger partial charge in [-0.25, -0.2) is 0 Å². The first-order valence-corrected chi connectivity index (χ1v) is 5.44. The molecule has 1 aromatic carbocycles. The molecule has 0 saturated carbocycles. The Labute approximate surface area is 107 Å². The maximum atomic E-state index is 12.6. The number of alkyl halides is 3. The number of benzene rings is 1. The zero-order valence-electron chi connectivity index (χ0n) is 9.78. The molecule has 0 fully saturated rings. The molecule has 0 unspecified atom stereocenters. The van der Waals surface area contributed by atoms with Crippen LogP contribution in [0, 0.1) is 0 Å². The van der Waals surface area contributed by atoms with Crippen LogP contribution in [0.2, 0.25) is 0 Å². The number of pyridine rings is 1. The summed E-state index contributed by atoms with van der Waals surface area (Å²) in [5, 5.41) is 9.09. The van der Waals surface area contributed by atoms with E-state index in [-0.39, 0.29) is 6.61 Å². The number of anilines is 1. The van der Waals surface area contributed by atoms with Crippen LogP contribution in [-0.4, -0.2) is 10.1 Å². The first-order chi connectivity index (χ1) is 8.91. The summed E-state index contributed by atoms with van der Waals surface area (Å²) in [6.45, 7) is -0.291. The first-order valence-electron chi connectivity index (χ1n) is 5.44. The summed E-state index contributed by atoms with van der Waals surface area (Å²) in [4.78, 5) is 3.98. The molecule has 2 aromatic rings. The molecule has 19 heavy (non-hydrogen) atoms. The first kappa shape index (κ1) is 13.4. The second-order valence-electron chi connectivity index (χ2n) is 4.01. The topological polar surface area (TPSA) is 59.1 Å². The predicted octanol–water partition coefficient (Wildman–Crippen LogP) is 2.84. The molecular weight excluding hydrogens is 257 g/mol. The largest absolute Gasteiger partial charge is 0.416 e. The van der Waals surface area contributed by atoms with Crippen molar-refractivity contribution in [1.82, 2.24) is 4.98 Å². The van der Waals surface area contributed by atoms with Gasteiger partial charge in [0.2, 0.25) is 0 Å². The second-order valence-corrected chi connectivity index (χ2v) is 4.01. The fourth-order valence-corrected chi connectivity index (χ4v) is 1.66. The van der Waals surface area contributed by atoms with Crippen molar-refractivity contribution in [3.63, 3.8) is 0 Å². The Kier molecular flexibility index (Phi) is 3.44. The van der Waals surface area contributed by atoms with Gasteiger partial charge in [-0.2, -0.15) is 13.2 Å². The lowest BCUT2D eigenvalue weighted by molar-refractivity contribution is -0.137. The van der Waals surface area contributed by atoms with E-state index < -0.39 is 11.7 Å². The SMILES string of the molecule is Nc1cnc(-c2cccc(C(F)(F)F)c2)cc1CO. The summed E-state index contributed by atoms with van der Waals surface area (Å²) in [7, 11) is 0. The maximum Gasteiger partial charge on any atom is 0.416 e. The summed E-state index contributed by atoms with van der Waals surface area (Å²) in [5.74, 6) is 0. The van der Waals surface area contributed by atoms with Crippen LogP contribution < -0.4 is 5.73 Å². The van der Waals surface area contributed by atoms with Crippen molar-refractivity contribution in [1.29, 1.82) is 0 Å². The quantitative estimate of drug-likeness (QED) is 0.880. The number of nitrogens with zero attached hydrogens (tertiary/aromatic N) is 1. The van der Waals surface area contributed by atoms with Gasteiger partial charge >= 0.3 is 6.18 Å². The van der Waals surface area contributed by atoms with Gasteiger partial charge in [-0.05, 0) is 18.2 Å². The van der Waals surface area contributed by atoms with Gasteiger partial charge in [-0.1, -0.05) is 12.1 Å². The van der Waals surface area contributed by atoms with E-state index in [9.17, 15) is 13.2 Å². The summed E-state index contributed by atoms with van der Waals surface area (Å²) >= 11 is 0. The van der Waals surface area contributed by atoms with Gasteiger partial charge in [0.05, 0.1) is 29.7 Å². The van der Waals surface area contributed by atoms with Crippen LogP contribution in [0.1, 0.15) is 11.1 Å². The molecular formula is C13H11F3N2O. The Hall–Kier alpha value is -2.08. The van der Waals surface area contributed by atoms with Crippen molar-refractivity contribution >= 4 is 5.69 Å². The van der Waals surface area contributed by atoms with Gasteiger partial charge in [0.15, 0.2) is 0 Å². The third-order valence-corrected chi connectivity index (χ3v) is 2.68. The number of halogens is 3. The summed E-state index contributed by atoms with van der Waals surface area (Å²) in [6.07, 6.45) is -3.08. The molecule has 0 radical (unpaired) electrons. The minimum atomic E-state index is -4.40. The highest BCUT2D eigenvalue weighted by Crippen LogP contribution is 2.32. The van der Waals surface area contributed by atoms with E-state index in [4.69, 9.17) is 10.8 Å². The highest BCUT2D eigenvalue weighted by molar-refractivity contribution is 5.63. The average molecular weight is 268 g/mol. The van der Waals surface area contributed by atoms with Gasteiger partial charge in [-0.3, -0.25) is 4.98 Å². The Morgan fingerprint density at radius 3 is 2.58 bits per heavy atom. The molecule has 0 aliphatic heterocycles. The highest BCUT2D eigenvalue weighted by Gasteiger charge is 2.30. The lowest BCUT2D eigenvalue weighted by Gasteiger charge is -2.09. The van der Waals surface area contributed by atoms with Crippen molar-refractivity contribution < 1.29 is 18.3 Å². The van der Waals surface area contributed by atoms with Gasteiger partial charge in [-0.15, -0.1) is 0 Å². The fourth-order valence-electron chi connectivity index (χ4n) is 1.66. The van der Waals surface area contributed by atoms with E-state index in [1.54, 1.807) is 0 Å². The normalized spacial score (nSPS) is 11.6. The van der Waals surface area contributed by atoms with Crippen LogP contribution in [0.25, 0.3) is 11.3 Å². The number of rotatable bonds is 2. The molecule has 100 valence electrons. The average Bonchev–Trinajstić information content (AvgIpc) is 2.38. The van der Waals surface area contributed by atoms with Crippen LogP contribution in [0.3, 0.4) is 0 Å². The molecule has 0 aliphatic rings. The van der Waals surface area contributed by atoms with Crippen molar-refractivity contribution in [3.8, 4) is 11.3 Å². The number of hydrogen-bond donors (Lipinski definition) is 2. The molecule has 0 aliphatic carbocycles. The molecule has 0 bridgehead atoms. The molecule has 3 nitrogen and oxygen atoms in total. The predicted molar refractivity (Wildman–Crippen MR) is 65.0 cm³/mol. The molecule has 6 heteroatoms. The van der Waals surface area contributed by atoms with Gasteiger partial charge in [0.25, 0.3) is 0 Å². The van der Waals surface area contributed by atoms with Crippen LogP contribution >= 0.6 is 0 Å². The van der Waals surface area contributed by atoms with Gasteiger partial charge in [0, 0.05) is 11.1 Å². The molecule has 0 amide bonds. The smallest absolute Gasteiger partial charge is 0.397 e. The maximum absolute atomic E-state index is 12.6. The van der Waals surface area contributed by atoms with Crippen LogP contribution in [0.4, 0.5) is 18.9 Å². The molecule has 2 rings (SSSR count). The van der Waals surface area contributed by atoms with Crippen molar-refractivity contribution in [2.45, 2.75) is 12.8 Å². The van der Waals surface area contributed by atoms with Crippen LogP contribution in [0.15, 0.2) is 36.5 Å². The van der Waals surface area contributed by atoms with Gasteiger partial charge < -0.3 is 10.8 Å². The summed E-state index contributed by atoms with van der Waals surface area (Å²) in [5.41, 5.74) is 6.23. The van der Waals surface area contributed by atoms with E-state index in [2.05, 4.69) is 4.98 Å². The second kappa shape index (κ2) is 4.89. The van der Waals surface area contributed by atoms with E-state index in [0.29, 0.717) is 22.5 Å². The highest BCUT2D eigenvalue weighted by atomic mass is 19.4. The molecule has 0 atom stereocenters. The number of hydrogen-bond acceptors (Lipinski definition) is 3. The van der Waals surface area contributed by atoms with Crippen LogP contribution in [0.5, 0.6) is 0 Å². The third-order valence-electron chi connectivity index (χ3n) is 2.68. The van der Waals surface area contributed by atoms with E-state index in [1.807, 2.05) is 0 Å². The molecule has 3 N–H and O–H groups in total. The standard InChI is InChI=1S/C13H11F3N2O/c14-13(15,16)10-3-1-2-8(4-10)12-5-9(7-19)11(17)6-18-12/h1-6,19H,7,17H2. The zero-order chi connectivity index (χ0) is 14.0. The van der Waals surface area contributed by atoms with Gasteiger partial charge in [0.1, 0.15) is 0 Å². The minimum Gasteiger partial charge on any atom is -0.397 e. The fraction of sp³-hybridized carbons (Fsp3) is 0.154. The summed E-state index contributed by atoms with van der Waals surface area (Å²) < 4.78 is 37.8. The van der Waals surface area contributed by atoms with Crippen molar-refractivity contribution in [2.75, 3.05) is 5.73 Å². The molecule has 1 aromatic heterocycles. The Bertz CT molecular complexity index is 597. The number of aliphatic hydroxyl groups is 1. The van der Waals surface area contributed by atoms with Crippen molar-refractivity contribution in [3.05, 3.63) is 47.7 Å².